The molecule has 146 valence electrons. The quantitative estimate of drug-likeness (QED) is 0.887. The number of nitrogens with zero attached hydrogens (tertiary/aromatic N) is 3. The summed E-state index contributed by atoms with van der Waals surface area (Å²) in [5.41, 5.74) is 9.17. The Morgan fingerprint density at radius 1 is 1.21 bits per heavy atom. The van der Waals surface area contributed by atoms with Crippen molar-refractivity contribution in [1.29, 1.82) is 0 Å². The van der Waals surface area contributed by atoms with E-state index in [1.165, 1.54) is 0 Å². The first-order valence-electron chi connectivity index (χ1n) is 9.82. The predicted octanol–water partition coefficient (Wildman–Crippen LogP) is 2.72. The number of hydrogen-bond donors (Lipinski definition) is 1. The van der Waals surface area contributed by atoms with Crippen molar-refractivity contribution in [1.82, 2.24) is 14.8 Å². The van der Waals surface area contributed by atoms with E-state index in [0.717, 1.165) is 36.0 Å². The van der Waals surface area contributed by atoms with Crippen LogP contribution in [0, 0.1) is 12.8 Å². The van der Waals surface area contributed by atoms with Gasteiger partial charge < -0.3 is 15.5 Å². The van der Waals surface area contributed by atoms with E-state index in [9.17, 15) is 9.59 Å². The first-order valence-corrected chi connectivity index (χ1v) is 9.82. The summed E-state index contributed by atoms with van der Waals surface area (Å²) in [6.45, 7) is 3.07. The molecule has 1 aromatic heterocycles. The van der Waals surface area contributed by atoms with Gasteiger partial charge in [0.15, 0.2) is 0 Å². The van der Waals surface area contributed by atoms with Crippen molar-refractivity contribution in [3.8, 4) is 11.1 Å². The van der Waals surface area contributed by atoms with Crippen molar-refractivity contribution in [2.75, 3.05) is 25.9 Å². The van der Waals surface area contributed by atoms with Gasteiger partial charge in [-0.15, -0.1) is 0 Å². The van der Waals surface area contributed by atoms with Crippen LogP contribution in [0.5, 0.6) is 0 Å². The highest BCUT2D eigenvalue weighted by atomic mass is 16.2. The van der Waals surface area contributed by atoms with Crippen LogP contribution in [-0.2, 0) is 4.79 Å². The molecule has 2 N–H and O–H groups in total. The summed E-state index contributed by atoms with van der Waals surface area (Å²) in [7, 11) is 1.82. The van der Waals surface area contributed by atoms with Crippen molar-refractivity contribution in [2.24, 2.45) is 5.92 Å². The topological polar surface area (TPSA) is 79.5 Å². The molecular weight excluding hydrogens is 352 g/mol. The minimum Gasteiger partial charge on any atom is -0.383 e. The Bertz CT molecular complexity index is 923. The lowest BCUT2D eigenvalue weighted by Gasteiger charge is -2.39. The van der Waals surface area contributed by atoms with E-state index < -0.39 is 0 Å². The van der Waals surface area contributed by atoms with Gasteiger partial charge in [0.05, 0.1) is 0 Å². The molecule has 4 rings (SSSR count). The lowest BCUT2D eigenvalue weighted by Crippen LogP contribution is -2.57. The van der Waals surface area contributed by atoms with Gasteiger partial charge in [0, 0.05) is 37.5 Å². The van der Waals surface area contributed by atoms with Gasteiger partial charge in [0.2, 0.25) is 5.91 Å². The lowest BCUT2D eigenvalue weighted by molar-refractivity contribution is -0.139. The van der Waals surface area contributed by atoms with E-state index in [1.54, 1.807) is 16.0 Å². The number of nitrogens with two attached hydrogens (primary N) is 1. The van der Waals surface area contributed by atoms with Gasteiger partial charge in [-0.3, -0.25) is 9.59 Å². The summed E-state index contributed by atoms with van der Waals surface area (Å²) < 4.78 is 0. The third-order valence-electron chi connectivity index (χ3n) is 5.79. The number of nitrogen functional groups attached to an aromatic ring is 1. The fraction of sp³-hybridized carbons (Fsp3) is 0.409. The van der Waals surface area contributed by atoms with Crippen molar-refractivity contribution < 1.29 is 9.59 Å². The lowest BCUT2D eigenvalue weighted by atomic mass is 10.00. The molecule has 0 radical (unpaired) electrons. The van der Waals surface area contributed by atoms with Gasteiger partial charge in [-0.1, -0.05) is 25.0 Å². The highest BCUT2D eigenvalue weighted by Crippen LogP contribution is 2.36. The number of anilines is 1. The van der Waals surface area contributed by atoms with Gasteiger partial charge in [0.25, 0.3) is 5.91 Å². The van der Waals surface area contributed by atoms with Crippen molar-refractivity contribution in [3.63, 3.8) is 0 Å². The molecule has 1 atom stereocenters. The van der Waals surface area contributed by atoms with Gasteiger partial charge in [0.1, 0.15) is 11.9 Å². The molecule has 2 fully saturated rings. The maximum absolute atomic E-state index is 13.3. The second-order valence-electron chi connectivity index (χ2n) is 7.96. The second kappa shape index (κ2) is 7.26. The maximum atomic E-state index is 13.3. The van der Waals surface area contributed by atoms with Gasteiger partial charge in [-0.25, -0.2) is 4.98 Å². The van der Waals surface area contributed by atoms with Crippen LogP contribution >= 0.6 is 0 Å². The van der Waals surface area contributed by atoms with Crippen LogP contribution in [0.25, 0.3) is 11.1 Å². The molecule has 1 unspecified atom stereocenters. The van der Waals surface area contributed by atoms with Crippen LogP contribution in [0.2, 0.25) is 0 Å². The zero-order valence-electron chi connectivity index (χ0n) is 16.4. The molecule has 6 nitrogen and oxygen atoms in total. The standard InChI is InChI=1S/C22H26N4O2/c1-14-10-18(13-24-20(14)23)16-4-3-5-17(12-16)21(27)26-9-8-25(2)22(28)19(26)11-15-6-7-15/h3-5,10,12-13,15,19H,6-9,11H2,1-2H3,(H2,23,24). The Balaban J connectivity index is 1.61. The van der Waals surface area contributed by atoms with E-state index in [-0.39, 0.29) is 17.9 Å². The SMILES string of the molecule is Cc1cc(-c2cccc(C(=O)N3CCN(C)C(=O)C3CC3CC3)c2)cnc1N. The zero-order chi connectivity index (χ0) is 19.8. The largest absolute Gasteiger partial charge is 0.383 e. The Kier molecular flexibility index (Phi) is 4.79. The molecule has 1 aliphatic heterocycles. The third kappa shape index (κ3) is 3.59. The molecule has 1 aromatic carbocycles. The summed E-state index contributed by atoms with van der Waals surface area (Å²) >= 11 is 0. The minimum atomic E-state index is -0.345. The number of piperazine rings is 1. The number of carbonyl (C=O) groups excluding carboxylic acids is 2. The minimum absolute atomic E-state index is 0.0565. The summed E-state index contributed by atoms with van der Waals surface area (Å²) in [6, 6.07) is 9.17. The normalized spacial score (nSPS) is 19.8. The average molecular weight is 378 g/mol. The molecular formula is C22H26N4O2. The number of carbonyl (C=O) groups is 2. The van der Waals surface area contributed by atoms with Crippen LogP contribution in [0.4, 0.5) is 5.82 Å². The second-order valence-corrected chi connectivity index (χ2v) is 7.96. The van der Waals surface area contributed by atoms with Gasteiger partial charge >= 0.3 is 0 Å². The number of aromatic nitrogens is 1. The number of pyridine rings is 1. The number of benzene rings is 1. The van der Waals surface area contributed by atoms with Crippen molar-refractivity contribution in [3.05, 3.63) is 47.7 Å². The highest BCUT2D eigenvalue weighted by molar-refractivity contribution is 5.99. The van der Waals surface area contributed by atoms with E-state index in [4.69, 9.17) is 5.73 Å². The number of rotatable bonds is 4. The summed E-state index contributed by atoms with van der Waals surface area (Å²) in [4.78, 5) is 33.7. The predicted molar refractivity (Wildman–Crippen MR) is 109 cm³/mol. The number of amides is 2. The van der Waals surface area contributed by atoms with E-state index in [2.05, 4.69) is 4.98 Å². The van der Waals surface area contributed by atoms with Crippen LogP contribution in [0.1, 0.15) is 35.2 Å². The summed E-state index contributed by atoms with van der Waals surface area (Å²) in [5.74, 6) is 1.07. The molecule has 2 aliphatic rings. The molecule has 1 saturated carbocycles. The number of aryl methyl sites for hydroxylation is 1. The van der Waals surface area contributed by atoms with Gasteiger partial charge in [-0.05, 0) is 48.6 Å². The van der Waals surface area contributed by atoms with Crippen LogP contribution in [0.3, 0.4) is 0 Å². The Hall–Kier alpha value is -2.89. The fourth-order valence-corrected chi connectivity index (χ4v) is 3.79. The van der Waals surface area contributed by atoms with Crippen LogP contribution < -0.4 is 5.73 Å². The van der Waals surface area contributed by atoms with E-state index >= 15 is 0 Å². The molecule has 2 aromatic rings. The molecule has 2 heterocycles. The average Bonchev–Trinajstić information content (AvgIpc) is 3.51. The third-order valence-corrected chi connectivity index (χ3v) is 5.79. The van der Waals surface area contributed by atoms with E-state index in [1.807, 2.05) is 44.3 Å². The highest BCUT2D eigenvalue weighted by Gasteiger charge is 2.39. The molecule has 1 saturated heterocycles. The summed E-state index contributed by atoms with van der Waals surface area (Å²) in [5, 5.41) is 0. The molecule has 2 amide bonds. The molecule has 0 spiro atoms. The fourth-order valence-electron chi connectivity index (χ4n) is 3.79. The molecule has 1 aliphatic carbocycles. The van der Waals surface area contributed by atoms with Crippen molar-refractivity contribution >= 4 is 17.6 Å². The van der Waals surface area contributed by atoms with Crippen LogP contribution in [0.15, 0.2) is 36.5 Å². The Labute approximate surface area is 165 Å². The molecule has 6 heteroatoms. The smallest absolute Gasteiger partial charge is 0.254 e. The first-order chi connectivity index (χ1) is 13.4. The maximum Gasteiger partial charge on any atom is 0.254 e. The number of hydrogen-bond acceptors (Lipinski definition) is 4. The zero-order valence-corrected chi connectivity index (χ0v) is 16.4. The number of likely N-dealkylation sites (N-methyl/N-ethyl adjacent to an activating group) is 1. The van der Waals surface area contributed by atoms with Crippen LogP contribution in [-0.4, -0.2) is 52.8 Å². The molecule has 28 heavy (non-hydrogen) atoms. The monoisotopic (exact) mass is 378 g/mol. The molecule has 0 bridgehead atoms. The van der Waals surface area contributed by atoms with E-state index in [0.29, 0.717) is 30.4 Å². The van der Waals surface area contributed by atoms with Crippen molar-refractivity contribution in [2.45, 2.75) is 32.2 Å². The first kappa shape index (κ1) is 18.5. The Morgan fingerprint density at radius 3 is 2.71 bits per heavy atom. The summed E-state index contributed by atoms with van der Waals surface area (Å²) in [6.07, 6.45) is 4.82. The Morgan fingerprint density at radius 2 is 2.00 bits per heavy atom. The van der Waals surface area contributed by atoms with Gasteiger partial charge in [-0.2, -0.15) is 0 Å².